The van der Waals surface area contributed by atoms with Crippen molar-refractivity contribution in [3.63, 3.8) is 0 Å². The molecular weight excluding hydrogens is 307 g/mol. The molecule has 3 heteroatoms. The maximum Gasteiger partial charge on any atom is 0.123 e. The van der Waals surface area contributed by atoms with Crippen LogP contribution in [-0.2, 0) is 12.8 Å². The zero-order valence-electron chi connectivity index (χ0n) is 10.5. The normalized spacial score (nSPS) is 12.3. The Hall–Kier alpha value is -1.35. The average molecular weight is 323 g/mol. The smallest absolute Gasteiger partial charge is 0.123 e. The molecule has 2 rings (SSSR count). The molecule has 1 N–H and O–H groups in total. The summed E-state index contributed by atoms with van der Waals surface area (Å²) in [5.41, 5.74) is 2.25. The zero-order chi connectivity index (χ0) is 13.7. The van der Waals surface area contributed by atoms with E-state index in [2.05, 4.69) is 15.9 Å². The van der Waals surface area contributed by atoms with E-state index < -0.39 is 0 Å². The molecule has 100 valence electrons. The molecule has 0 saturated carbocycles. The van der Waals surface area contributed by atoms with Crippen molar-refractivity contribution in [2.45, 2.75) is 12.8 Å². The van der Waals surface area contributed by atoms with Crippen LogP contribution in [0.4, 0.5) is 4.39 Å². The Balaban J connectivity index is 2.02. The van der Waals surface area contributed by atoms with Gasteiger partial charge in [0.05, 0.1) is 0 Å². The molecule has 0 amide bonds. The average Bonchev–Trinajstić information content (AvgIpc) is 2.40. The van der Waals surface area contributed by atoms with E-state index >= 15 is 0 Å². The number of aromatic hydroxyl groups is 1. The highest BCUT2D eigenvalue weighted by atomic mass is 79.9. The fourth-order valence-electron chi connectivity index (χ4n) is 2.15. The summed E-state index contributed by atoms with van der Waals surface area (Å²) in [5.74, 6) is 0.520. The van der Waals surface area contributed by atoms with Crippen LogP contribution in [-0.4, -0.2) is 10.4 Å². The van der Waals surface area contributed by atoms with Gasteiger partial charge in [0.1, 0.15) is 11.6 Å². The topological polar surface area (TPSA) is 20.2 Å². The van der Waals surface area contributed by atoms with Crippen LogP contribution < -0.4 is 0 Å². The fourth-order valence-corrected chi connectivity index (χ4v) is 2.61. The fraction of sp³-hybridized carbons (Fsp3) is 0.250. The second-order valence-corrected chi connectivity index (χ2v) is 5.37. The van der Waals surface area contributed by atoms with Gasteiger partial charge in [-0.3, -0.25) is 0 Å². The molecule has 0 fully saturated rings. The van der Waals surface area contributed by atoms with Crippen LogP contribution in [0.3, 0.4) is 0 Å². The molecule has 0 bridgehead atoms. The molecule has 0 saturated heterocycles. The highest BCUT2D eigenvalue weighted by Gasteiger charge is 2.10. The number of rotatable bonds is 5. The molecule has 0 aromatic heterocycles. The number of phenols is 1. The standard InChI is InChI=1S/C16H16BrFO/c17-11-14(8-12-4-6-15(18)7-5-12)9-13-2-1-3-16(19)10-13/h1-7,10,14,19H,8-9,11H2. The third kappa shape index (κ3) is 4.35. The van der Waals surface area contributed by atoms with E-state index in [4.69, 9.17) is 0 Å². The molecule has 19 heavy (non-hydrogen) atoms. The Labute approximate surface area is 121 Å². The van der Waals surface area contributed by atoms with Gasteiger partial charge in [-0.15, -0.1) is 0 Å². The maximum absolute atomic E-state index is 12.9. The van der Waals surface area contributed by atoms with E-state index in [1.54, 1.807) is 12.1 Å². The lowest BCUT2D eigenvalue weighted by molar-refractivity contribution is 0.473. The molecule has 0 heterocycles. The lowest BCUT2D eigenvalue weighted by Gasteiger charge is -2.14. The number of benzene rings is 2. The monoisotopic (exact) mass is 322 g/mol. The summed E-state index contributed by atoms with van der Waals surface area (Å²) < 4.78 is 12.9. The molecule has 0 radical (unpaired) electrons. The molecule has 0 spiro atoms. The van der Waals surface area contributed by atoms with Crippen LogP contribution in [0.1, 0.15) is 11.1 Å². The van der Waals surface area contributed by atoms with Crippen molar-refractivity contribution >= 4 is 15.9 Å². The van der Waals surface area contributed by atoms with Crippen molar-refractivity contribution in [1.29, 1.82) is 0 Å². The van der Waals surface area contributed by atoms with Gasteiger partial charge < -0.3 is 5.11 Å². The van der Waals surface area contributed by atoms with E-state index in [9.17, 15) is 9.50 Å². The first-order chi connectivity index (χ1) is 9.17. The number of phenolic OH excluding ortho intramolecular Hbond substituents is 1. The zero-order valence-corrected chi connectivity index (χ0v) is 12.1. The first-order valence-corrected chi connectivity index (χ1v) is 7.38. The van der Waals surface area contributed by atoms with E-state index in [0.29, 0.717) is 11.7 Å². The van der Waals surface area contributed by atoms with E-state index in [1.807, 2.05) is 24.3 Å². The first kappa shape index (κ1) is 14.1. The predicted molar refractivity (Wildman–Crippen MR) is 79.2 cm³/mol. The van der Waals surface area contributed by atoms with Crippen molar-refractivity contribution in [3.8, 4) is 5.75 Å². The number of alkyl halides is 1. The molecular formula is C16H16BrFO. The third-order valence-electron chi connectivity index (χ3n) is 3.09. The van der Waals surface area contributed by atoms with Gasteiger partial charge in [0, 0.05) is 5.33 Å². The minimum atomic E-state index is -0.202. The van der Waals surface area contributed by atoms with Crippen molar-refractivity contribution < 1.29 is 9.50 Å². The van der Waals surface area contributed by atoms with Gasteiger partial charge in [0.15, 0.2) is 0 Å². The summed E-state index contributed by atoms with van der Waals surface area (Å²) in [7, 11) is 0. The minimum absolute atomic E-state index is 0.202. The Morgan fingerprint density at radius 3 is 2.32 bits per heavy atom. The maximum atomic E-state index is 12.9. The van der Waals surface area contributed by atoms with Crippen LogP contribution in [0.15, 0.2) is 48.5 Å². The second-order valence-electron chi connectivity index (χ2n) is 4.72. The van der Waals surface area contributed by atoms with Gasteiger partial charge in [-0.25, -0.2) is 4.39 Å². The summed E-state index contributed by atoms with van der Waals surface area (Å²) in [6, 6.07) is 14.0. The molecule has 1 unspecified atom stereocenters. The number of hydrogen-bond donors (Lipinski definition) is 1. The first-order valence-electron chi connectivity index (χ1n) is 6.25. The van der Waals surface area contributed by atoms with Crippen molar-refractivity contribution in [1.82, 2.24) is 0 Å². The summed E-state index contributed by atoms with van der Waals surface area (Å²) >= 11 is 3.53. The lowest BCUT2D eigenvalue weighted by Crippen LogP contribution is -2.10. The van der Waals surface area contributed by atoms with E-state index in [0.717, 1.165) is 29.3 Å². The third-order valence-corrected chi connectivity index (χ3v) is 4.01. The molecule has 0 aliphatic carbocycles. The summed E-state index contributed by atoms with van der Waals surface area (Å²) in [5, 5.41) is 10.3. The molecule has 1 nitrogen and oxygen atoms in total. The van der Waals surface area contributed by atoms with Crippen molar-refractivity contribution in [3.05, 3.63) is 65.5 Å². The quantitative estimate of drug-likeness (QED) is 0.812. The molecule has 0 aliphatic rings. The SMILES string of the molecule is Oc1cccc(CC(CBr)Cc2ccc(F)cc2)c1. The van der Waals surface area contributed by atoms with Crippen LogP contribution in [0.2, 0.25) is 0 Å². The van der Waals surface area contributed by atoms with Crippen molar-refractivity contribution in [2.24, 2.45) is 5.92 Å². The Bertz CT molecular complexity index is 525. The van der Waals surface area contributed by atoms with Gasteiger partial charge in [0.2, 0.25) is 0 Å². The van der Waals surface area contributed by atoms with Crippen LogP contribution in [0, 0.1) is 11.7 Å². The van der Waals surface area contributed by atoms with Gasteiger partial charge in [-0.1, -0.05) is 40.2 Å². The van der Waals surface area contributed by atoms with Crippen LogP contribution >= 0.6 is 15.9 Å². The molecule has 2 aromatic rings. The molecule has 0 aliphatic heterocycles. The Kier molecular flexibility index (Phi) is 4.97. The second kappa shape index (κ2) is 6.71. The minimum Gasteiger partial charge on any atom is -0.508 e. The predicted octanol–water partition coefficient (Wildman–Crippen LogP) is 4.33. The highest BCUT2D eigenvalue weighted by Crippen LogP contribution is 2.19. The number of halogens is 2. The van der Waals surface area contributed by atoms with Gasteiger partial charge in [-0.2, -0.15) is 0 Å². The number of hydrogen-bond acceptors (Lipinski definition) is 1. The van der Waals surface area contributed by atoms with Gasteiger partial charge in [0.25, 0.3) is 0 Å². The Morgan fingerprint density at radius 1 is 1.00 bits per heavy atom. The van der Waals surface area contributed by atoms with Gasteiger partial charge in [-0.05, 0) is 54.2 Å². The van der Waals surface area contributed by atoms with Crippen LogP contribution in [0.5, 0.6) is 5.75 Å². The molecule has 1 atom stereocenters. The van der Waals surface area contributed by atoms with E-state index in [1.165, 1.54) is 12.1 Å². The van der Waals surface area contributed by atoms with Gasteiger partial charge >= 0.3 is 0 Å². The summed E-state index contributed by atoms with van der Waals surface area (Å²) in [4.78, 5) is 0. The Morgan fingerprint density at radius 2 is 1.68 bits per heavy atom. The summed E-state index contributed by atoms with van der Waals surface area (Å²) in [6.07, 6.45) is 1.78. The largest absolute Gasteiger partial charge is 0.508 e. The summed E-state index contributed by atoms with van der Waals surface area (Å²) in [6.45, 7) is 0. The van der Waals surface area contributed by atoms with E-state index in [-0.39, 0.29) is 5.82 Å². The highest BCUT2D eigenvalue weighted by molar-refractivity contribution is 9.09. The molecule has 2 aromatic carbocycles. The lowest BCUT2D eigenvalue weighted by atomic mass is 9.94. The van der Waals surface area contributed by atoms with Crippen molar-refractivity contribution in [2.75, 3.05) is 5.33 Å². The van der Waals surface area contributed by atoms with Crippen LogP contribution in [0.25, 0.3) is 0 Å².